The Morgan fingerprint density at radius 2 is 2.00 bits per heavy atom. The van der Waals surface area contributed by atoms with Crippen molar-refractivity contribution in [2.45, 2.75) is 64.7 Å². The summed E-state index contributed by atoms with van der Waals surface area (Å²) in [6.45, 7) is 6.28. The molecule has 1 aromatic rings. The van der Waals surface area contributed by atoms with Crippen molar-refractivity contribution in [2.24, 2.45) is 5.92 Å². The normalized spacial score (nSPS) is 23.8. The fraction of sp³-hybridized carbons (Fsp3) is 0.733. The van der Waals surface area contributed by atoms with Crippen molar-refractivity contribution in [2.75, 3.05) is 0 Å². The summed E-state index contributed by atoms with van der Waals surface area (Å²) in [4.78, 5) is 16.4. The number of carboxylic acid groups (broad SMARTS) is 1. The monoisotopic (exact) mass is 281 g/mol. The highest BCUT2D eigenvalue weighted by Crippen LogP contribution is 2.40. The van der Waals surface area contributed by atoms with E-state index in [0.29, 0.717) is 10.8 Å². The Kier molecular flexibility index (Phi) is 4.61. The van der Waals surface area contributed by atoms with Gasteiger partial charge in [-0.15, -0.1) is 11.3 Å². The average molecular weight is 281 g/mol. The maximum atomic E-state index is 11.3. The van der Waals surface area contributed by atoms with Crippen molar-refractivity contribution in [3.63, 3.8) is 0 Å². The van der Waals surface area contributed by atoms with Gasteiger partial charge in [0, 0.05) is 5.92 Å². The van der Waals surface area contributed by atoms with Crippen LogP contribution in [0.15, 0.2) is 0 Å². The molecular weight excluding hydrogens is 258 g/mol. The molecule has 1 aliphatic carbocycles. The summed E-state index contributed by atoms with van der Waals surface area (Å²) >= 11 is 1.40. The number of hydrogen-bond acceptors (Lipinski definition) is 3. The van der Waals surface area contributed by atoms with Crippen LogP contribution in [0, 0.1) is 5.92 Å². The highest BCUT2D eigenvalue weighted by atomic mass is 32.1. The second kappa shape index (κ2) is 6.04. The van der Waals surface area contributed by atoms with Gasteiger partial charge in [0.25, 0.3) is 0 Å². The van der Waals surface area contributed by atoms with Gasteiger partial charge in [-0.05, 0) is 37.5 Å². The lowest BCUT2D eigenvalue weighted by molar-refractivity contribution is 0.0700. The Hall–Kier alpha value is -0.900. The Morgan fingerprint density at radius 3 is 2.42 bits per heavy atom. The van der Waals surface area contributed by atoms with E-state index in [-0.39, 0.29) is 5.92 Å². The minimum Gasteiger partial charge on any atom is -0.477 e. The molecule has 0 atom stereocenters. The van der Waals surface area contributed by atoms with E-state index in [2.05, 4.69) is 11.9 Å². The molecule has 0 aliphatic heterocycles. The second-order valence-corrected chi connectivity index (χ2v) is 6.88. The summed E-state index contributed by atoms with van der Waals surface area (Å²) in [5.74, 6) is 0.705. The molecule has 4 heteroatoms. The van der Waals surface area contributed by atoms with E-state index in [1.54, 1.807) is 0 Å². The molecule has 2 rings (SSSR count). The highest BCUT2D eigenvalue weighted by Gasteiger charge is 2.27. The lowest BCUT2D eigenvalue weighted by atomic mass is 9.81. The van der Waals surface area contributed by atoms with E-state index in [1.165, 1.54) is 43.4 Å². The zero-order valence-electron chi connectivity index (χ0n) is 12.0. The van der Waals surface area contributed by atoms with E-state index >= 15 is 0 Å². The third kappa shape index (κ3) is 3.16. The molecule has 106 valence electrons. The Bertz CT molecular complexity index is 445. The number of carbonyl (C=O) groups is 1. The Labute approximate surface area is 119 Å². The van der Waals surface area contributed by atoms with Gasteiger partial charge in [-0.1, -0.05) is 27.2 Å². The third-order valence-electron chi connectivity index (χ3n) is 4.18. The molecule has 1 aliphatic rings. The predicted molar refractivity (Wildman–Crippen MR) is 78.2 cm³/mol. The Morgan fingerprint density at radius 1 is 1.37 bits per heavy atom. The number of nitrogens with zero attached hydrogens (tertiary/aromatic N) is 1. The molecule has 0 spiro atoms. The van der Waals surface area contributed by atoms with E-state index in [0.717, 1.165) is 16.6 Å². The van der Waals surface area contributed by atoms with Gasteiger partial charge in [0.1, 0.15) is 4.88 Å². The zero-order chi connectivity index (χ0) is 14.0. The minimum atomic E-state index is -0.824. The van der Waals surface area contributed by atoms with Gasteiger partial charge in [-0.3, -0.25) is 0 Å². The molecule has 0 unspecified atom stereocenters. The molecule has 0 bridgehead atoms. The van der Waals surface area contributed by atoms with Crippen LogP contribution in [0.3, 0.4) is 0 Å². The molecule has 0 saturated heterocycles. The first-order valence-electron chi connectivity index (χ1n) is 7.26. The first-order chi connectivity index (χ1) is 9.02. The van der Waals surface area contributed by atoms with Crippen LogP contribution in [0.4, 0.5) is 0 Å². The minimum absolute atomic E-state index is 0.183. The predicted octanol–water partition coefficient (Wildman–Crippen LogP) is 4.65. The van der Waals surface area contributed by atoms with Crippen molar-refractivity contribution in [1.82, 2.24) is 4.98 Å². The summed E-state index contributed by atoms with van der Waals surface area (Å²) in [6.07, 6.45) is 6.13. The van der Waals surface area contributed by atoms with E-state index in [4.69, 9.17) is 0 Å². The van der Waals surface area contributed by atoms with Crippen molar-refractivity contribution in [3.8, 4) is 0 Å². The lowest BCUT2D eigenvalue weighted by Gasteiger charge is -2.26. The smallest absolute Gasteiger partial charge is 0.347 e. The van der Waals surface area contributed by atoms with Gasteiger partial charge in [0.2, 0.25) is 0 Å². The van der Waals surface area contributed by atoms with E-state index in [9.17, 15) is 9.90 Å². The summed E-state index contributed by atoms with van der Waals surface area (Å²) in [7, 11) is 0. The molecule has 1 heterocycles. The molecule has 1 fully saturated rings. The highest BCUT2D eigenvalue weighted by molar-refractivity contribution is 7.13. The summed E-state index contributed by atoms with van der Waals surface area (Å²) in [5, 5.41) is 10.3. The van der Waals surface area contributed by atoms with Crippen LogP contribution in [-0.4, -0.2) is 16.1 Å². The number of thiazole rings is 1. The molecule has 0 aromatic carbocycles. The van der Waals surface area contributed by atoms with Crippen LogP contribution in [-0.2, 0) is 0 Å². The van der Waals surface area contributed by atoms with E-state index < -0.39 is 5.97 Å². The van der Waals surface area contributed by atoms with Gasteiger partial charge >= 0.3 is 5.97 Å². The molecule has 1 saturated carbocycles. The van der Waals surface area contributed by atoms with Crippen LogP contribution in [0.1, 0.15) is 85.1 Å². The van der Waals surface area contributed by atoms with Crippen LogP contribution in [0.2, 0.25) is 0 Å². The number of rotatable bonds is 4. The number of aromatic carboxylic acids is 1. The van der Waals surface area contributed by atoms with Gasteiger partial charge < -0.3 is 5.11 Å². The molecule has 3 nitrogen and oxygen atoms in total. The third-order valence-corrected chi connectivity index (χ3v) is 5.41. The summed E-state index contributed by atoms with van der Waals surface area (Å²) < 4.78 is 0. The fourth-order valence-electron chi connectivity index (χ4n) is 2.89. The standard InChI is InChI=1S/C15H23NO2S/c1-4-10-5-7-11(8-6-10)14-16-12(9(2)3)13(19-14)15(17)18/h9-11H,4-8H2,1-3H3,(H,17,18). The zero-order valence-corrected chi connectivity index (χ0v) is 12.8. The number of carboxylic acids is 1. The second-order valence-electron chi connectivity index (χ2n) is 5.85. The quantitative estimate of drug-likeness (QED) is 0.874. The lowest BCUT2D eigenvalue weighted by Crippen LogP contribution is -2.12. The molecule has 0 radical (unpaired) electrons. The Balaban J connectivity index is 2.17. The molecule has 1 N–H and O–H groups in total. The molecule has 0 amide bonds. The van der Waals surface area contributed by atoms with Crippen molar-refractivity contribution in [1.29, 1.82) is 0 Å². The summed E-state index contributed by atoms with van der Waals surface area (Å²) in [5.41, 5.74) is 0.769. The summed E-state index contributed by atoms with van der Waals surface area (Å²) in [6, 6.07) is 0. The fourth-order valence-corrected chi connectivity index (χ4v) is 4.11. The largest absolute Gasteiger partial charge is 0.477 e. The van der Waals surface area contributed by atoms with Crippen molar-refractivity contribution >= 4 is 17.3 Å². The SMILES string of the molecule is CCC1CCC(c2nc(C(C)C)c(C(=O)O)s2)CC1. The van der Waals surface area contributed by atoms with Crippen LogP contribution < -0.4 is 0 Å². The van der Waals surface area contributed by atoms with Crippen LogP contribution in [0.25, 0.3) is 0 Å². The van der Waals surface area contributed by atoms with Crippen LogP contribution >= 0.6 is 11.3 Å². The van der Waals surface area contributed by atoms with Gasteiger partial charge in [-0.2, -0.15) is 0 Å². The number of hydrogen-bond donors (Lipinski definition) is 1. The van der Waals surface area contributed by atoms with Gasteiger partial charge in [0.15, 0.2) is 0 Å². The van der Waals surface area contributed by atoms with Crippen molar-refractivity contribution < 1.29 is 9.90 Å². The van der Waals surface area contributed by atoms with Crippen LogP contribution in [0.5, 0.6) is 0 Å². The molecule has 19 heavy (non-hydrogen) atoms. The molecule has 1 aromatic heterocycles. The maximum absolute atomic E-state index is 11.3. The van der Waals surface area contributed by atoms with Gasteiger partial charge in [0.05, 0.1) is 10.7 Å². The first kappa shape index (κ1) is 14.5. The van der Waals surface area contributed by atoms with E-state index in [1.807, 2.05) is 13.8 Å². The van der Waals surface area contributed by atoms with Crippen molar-refractivity contribution in [3.05, 3.63) is 15.6 Å². The topological polar surface area (TPSA) is 50.2 Å². The first-order valence-corrected chi connectivity index (χ1v) is 8.08. The maximum Gasteiger partial charge on any atom is 0.347 e. The average Bonchev–Trinajstić information content (AvgIpc) is 2.84. The number of aromatic nitrogens is 1. The molecular formula is C15H23NO2S. The van der Waals surface area contributed by atoms with Gasteiger partial charge in [-0.25, -0.2) is 9.78 Å².